The van der Waals surface area contributed by atoms with Gasteiger partial charge in [-0.3, -0.25) is 14.5 Å². The minimum absolute atomic E-state index is 0.181. The lowest BCUT2D eigenvalue weighted by atomic mass is 10.1. The second kappa shape index (κ2) is 8.99. The number of nitrogens with zero attached hydrogens (tertiary/aromatic N) is 1. The maximum atomic E-state index is 12.7. The van der Waals surface area contributed by atoms with Crippen LogP contribution in [0.4, 0.5) is 4.79 Å². The monoisotopic (exact) mass is 415 g/mol. The summed E-state index contributed by atoms with van der Waals surface area (Å²) in [5, 5.41) is 0.250. The topological polar surface area (TPSA) is 55.8 Å². The number of thioether (sulfide) groups is 1. The summed E-state index contributed by atoms with van der Waals surface area (Å²) in [5.74, 6) is 0.781. The fourth-order valence-corrected chi connectivity index (χ4v) is 3.70. The molecule has 0 spiro atoms. The zero-order valence-corrected chi connectivity index (χ0v) is 16.8. The largest absolute Gasteiger partial charge is 0.493 e. The first-order valence-corrected chi connectivity index (χ1v) is 9.63. The van der Waals surface area contributed by atoms with E-state index in [9.17, 15) is 9.59 Å². The van der Waals surface area contributed by atoms with Crippen LogP contribution in [0.1, 0.15) is 11.1 Å². The van der Waals surface area contributed by atoms with Gasteiger partial charge >= 0.3 is 0 Å². The van der Waals surface area contributed by atoms with E-state index >= 15 is 0 Å². The maximum Gasteiger partial charge on any atom is 0.293 e. The van der Waals surface area contributed by atoms with Crippen molar-refractivity contribution in [1.29, 1.82) is 0 Å². The van der Waals surface area contributed by atoms with Gasteiger partial charge in [0.25, 0.3) is 11.1 Å². The van der Waals surface area contributed by atoms with Crippen molar-refractivity contribution in [2.75, 3.05) is 13.7 Å². The van der Waals surface area contributed by atoms with Crippen LogP contribution in [0.2, 0.25) is 5.02 Å². The first-order valence-electron chi connectivity index (χ1n) is 8.43. The van der Waals surface area contributed by atoms with Gasteiger partial charge in [0.1, 0.15) is 6.61 Å². The third-order valence-electron chi connectivity index (χ3n) is 3.95. The Balaban J connectivity index is 1.80. The number of amides is 2. The Kier molecular flexibility index (Phi) is 6.44. The van der Waals surface area contributed by atoms with Crippen molar-refractivity contribution in [2.24, 2.45) is 0 Å². The number of carbonyl (C=O) groups excluding carboxylic acids is 2. The highest BCUT2D eigenvalue weighted by atomic mass is 35.5. The van der Waals surface area contributed by atoms with E-state index in [4.69, 9.17) is 21.1 Å². The molecule has 1 fully saturated rings. The number of benzene rings is 2. The minimum Gasteiger partial charge on any atom is -0.493 e. The Hall–Kier alpha value is -2.70. The summed E-state index contributed by atoms with van der Waals surface area (Å²) in [6.07, 6.45) is 3.31. The highest BCUT2D eigenvalue weighted by Gasteiger charge is 2.35. The molecule has 0 radical (unpaired) electrons. The lowest BCUT2D eigenvalue weighted by Crippen LogP contribution is -2.27. The van der Waals surface area contributed by atoms with E-state index in [0.717, 1.165) is 22.9 Å². The van der Waals surface area contributed by atoms with Crippen LogP contribution in [0.3, 0.4) is 0 Å². The van der Waals surface area contributed by atoms with E-state index in [-0.39, 0.29) is 17.7 Å². The first-order chi connectivity index (χ1) is 13.5. The number of imide groups is 1. The van der Waals surface area contributed by atoms with Crippen LogP contribution in [0.25, 0.3) is 6.08 Å². The zero-order valence-electron chi connectivity index (χ0n) is 15.2. The zero-order chi connectivity index (χ0) is 20.1. The molecule has 144 valence electrons. The lowest BCUT2D eigenvalue weighted by Gasteiger charge is -2.12. The molecule has 0 N–H and O–H groups in total. The summed E-state index contributed by atoms with van der Waals surface area (Å²) in [5.41, 5.74) is 1.53. The van der Waals surface area contributed by atoms with E-state index in [2.05, 4.69) is 6.58 Å². The Bertz CT molecular complexity index is 957. The van der Waals surface area contributed by atoms with Crippen LogP contribution in [0.15, 0.2) is 60.0 Å². The van der Waals surface area contributed by atoms with Gasteiger partial charge in [-0.15, -0.1) is 0 Å². The number of rotatable bonds is 7. The third kappa shape index (κ3) is 4.58. The SMILES string of the molecule is C=CCOc1ccc(/C=C2\SC(=O)N(Cc3cccc(Cl)c3)C2=O)cc1OC. The van der Waals surface area contributed by atoms with Gasteiger partial charge in [-0.2, -0.15) is 0 Å². The Morgan fingerprint density at radius 2 is 2.00 bits per heavy atom. The van der Waals surface area contributed by atoms with Crippen LogP contribution in [0.5, 0.6) is 11.5 Å². The average Bonchev–Trinajstić information content (AvgIpc) is 2.94. The van der Waals surface area contributed by atoms with Crippen molar-refractivity contribution in [2.45, 2.75) is 6.54 Å². The van der Waals surface area contributed by atoms with Gasteiger partial charge in [-0.1, -0.05) is 42.5 Å². The maximum absolute atomic E-state index is 12.7. The fourth-order valence-electron chi connectivity index (χ4n) is 2.65. The van der Waals surface area contributed by atoms with Crippen LogP contribution in [-0.2, 0) is 11.3 Å². The number of halogens is 1. The van der Waals surface area contributed by atoms with Gasteiger partial charge in [-0.25, -0.2) is 0 Å². The van der Waals surface area contributed by atoms with Gasteiger partial charge < -0.3 is 9.47 Å². The van der Waals surface area contributed by atoms with E-state index in [1.165, 1.54) is 4.90 Å². The molecule has 0 aliphatic carbocycles. The molecule has 0 aromatic heterocycles. The van der Waals surface area contributed by atoms with Gasteiger partial charge in [0, 0.05) is 5.02 Å². The Morgan fingerprint density at radius 1 is 1.18 bits per heavy atom. The molecule has 1 heterocycles. The van der Waals surface area contributed by atoms with Gasteiger partial charge in [0.2, 0.25) is 0 Å². The van der Waals surface area contributed by atoms with Crippen molar-refractivity contribution in [3.63, 3.8) is 0 Å². The van der Waals surface area contributed by atoms with Crippen LogP contribution >= 0.6 is 23.4 Å². The second-order valence-corrected chi connectivity index (χ2v) is 7.34. The Morgan fingerprint density at radius 3 is 2.71 bits per heavy atom. The first kappa shape index (κ1) is 20.0. The quantitative estimate of drug-likeness (QED) is 0.462. The molecule has 1 aliphatic heterocycles. The fraction of sp³-hybridized carbons (Fsp3) is 0.143. The van der Waals surface area contributed by atoms with Crippen molar-refractivity contribution in [1.82, 2.24) is 4.90 Å². The molecule has 1 saturated heterocycles. The lowest BCUT2D eigenvalue weighted by molar-refractivity contribution is -0.123. The van der Waals surface area contributed by atoms with E-state index in [1.54, 1.807) is 55.7 Å². The summed E-state index contributed by atoms with van der Waals surface area (Å²) in [6.45, 7) is 4.16. The van der Waals surface area contributed by atoms with Gasteiger partial charge in [0.05, 0.1) is 18.6 Å². The average molecular weight is 416 g/mol. The van der Waals surface area contributed by atoms with E-state index in [0.29, 0.717) is 28.0 Å². The van der Waals surface area contributed by atoms with Crippen molar-refractivity contribution in [3.8, 4) is 11.5 Å². The van der Waals surface area contributed by atoms with Crippen LogP contribution in [0, 0.1) is 0 Å². The molecule has 28 heavy (non-hydrogen) atoms. The highest BCUT2D eigenvalue weighted by Crippen LogP contribution is 2.35. The molecule has 0 unspecified atom stereocenters. The van der Waals surface area contributed by atoms with E-state index < -0.39 is 0 Å². The molecule has 0 bridgehead atoms. The van der Waals surface area contributed by atoms with Gasteiger partial charge in [-0.05, 0) is 53.2 Å². The van der Waals surface area contributed by atoms with Crippen molar-refractivity contribution in [3.05, 3.63) is 76.2 Å². The summed E-state index contributed by atoms with van der Waals surface area (Å²) < 4.78 is 10.9. The second-order valence-electron chi connectivity index (χ2n) is 5.91. The molecule has 1 aliphatic rings. The molecular formula is C21H18ClNO4S. The molecule has 0 atom stereocenters. The molecule has 2 aromatic carbocycles. The molecule has 5 nitrogen and oxygen atoms in total. The van der Waals surface area contributed by atoms with Crippen LogP contribution < -0.4 is 9.47 Å². The summed E-state index contributed by atoms with van der Waals surface area (Å²) >= 11 is 6.89. The van der Waals surface area contributed by atoms with Crippen molar-refractivity contribution < 1.29 is 19.1 Å². The van der Waals surface area contributed by atoms with Crippen LogP contribution in [-0.4, -0.2) is 29.8 Å². The van der Waals surface area contributed by atoms with Gasteiger partial charge in [0.15, 0.2) is 11.5 Å². The summed E-state index contributed by atoms with van der Waals surface area (Å²) in [6, 6.07) is 12.4. The van der Waals surface area contributed by atoms with E-state index in [1.807, 2.05) is 6.07 Å². The molecule has 2 amide bonds. The number of hydrogen-bond acceptors (Lipinski definition) is 5. The number of methoxy groups -OCH3 is 1. The smallest absolute Gasteiger partial charge is 0.293 e. The summed E-state index contributed by atoms with van der Waals surface area (Å²) in [4.78, 5) is 26.6. The standard InChI is InChI=1S/C21H18ClNO4S/c1-3-9-27-17-8-7-14(11-18(17)26-2)12-19-20(24)23(21(25)28-19)13-15-5-4-6-16(22)10-15/h3-8,10-12H,1,9,13H2,2H3/b19-12-. The normalized spacial score (nSPS) is 15.2. The van der Waals surface area contributed by atoms with Crippen molar-refractivity contribution >= 4 is 40.6 Å². The number of ether oxygens (including phenoxy) is 2. The molecular weight excluding hydrogens is 398 g/mol. The molecule has 3 rings (SSSR count). The number of carbonyl (C=O) groups is 2. The predicted octanol–water partition coefficient (Wildman–Crippen LogP) is 5.15. The third-order valence-corrected chi connectivity index (χ3v) is 5.09. The molecule has 0 saturated carbocycles. The number of hydrogen-bond donors (Lipinski definition) is 0. The Labute approximate surface area is 172 Å². The summed E-state index contributed by atoms with van der Waals surface area (Å²) in [7, 11) is 1.54. The highest BCUT2D eigenvalue weighted by molar-refractivity contribution is 8.18. The predicted molar refractivity (Wildman–Crippen MR) is 112 cm³/mol. The molecule has 2 aromatic rings. The minimum atomic E-state index is -0.332. The molecule has 7 heteroatoms.